The Bertz CT molecular complexity index is 955. The van der Waals surface area contributed by atoms with Crippen molar-refractivity contribution in [1.82, 2.24) is 9.97 Å². The monoisotopic (exact) mass is 375 g/mol. The van der Waals surface area contributed by atoms with E-state index in [9.17, 15) is 9.18 Å². The summed E-state index contributed by atoms with van der Waals surface area (Å²) in [6, 6.07) is 4.68. The van der Waals surface area contributed by atoms with Gasteiger partial charge in [-0.15, -0.1) is 11.3 Å². The first-order valence-electron chi connectivity index (χ1n) is 7.81. The lowest BCUT2D eigenvalue weighted by Crippen LogP contribution is -2.22. The molecule has 130 valence electrons. The number of anilines is 1. The highest BCUT2D eigenvalue weighted by Gasteiger charge is 2.19. The number of rotatable bonds is 4. The molecule has 25 heavy (non-hydrogen) atoms. The van der Waals surface area contributed by atoms with Crippen LogP contribution >= 0.6 is 23.1 Å². The third kappa shape index (κ3) is 3.67. The van der Waals surface area contributed by atoms with Gasteiger partial charge < -0.3 is 5.32 Å². The molecule has 0 unspecified atom stereocenters. The minimum absolute atomic E-state index is 0.190. The maximum atomic E-state index is 13.6. The Kier molecular flexibility index (Phi) is 5.06. The molecule has 0 radical (unpaired) electrons. The zero-order valence-electron chi connectivity index (χ0n) is 14.4. The number of aromatic nitrogens is 2. The SMILES string of the molecule is Cc1ccc(NC(=O)[C@H](C)Sc2ncnc3sc(C)c(C)c23)cc1F. The number of carbonyl (C=O) groups is 1. The van der Waals surface area contributed by atoms with E-state index in [1.54, 1.807) is 30.4 Å². The van der Waals surface area contributed by atoms with Crippen molar-refractivity contribution in [3.63, 3.8) is 0 Å². The summed E-state index contributed by atoms with van der Waals surface area (Å²) in [5, 5.41) is 4.19. The van der Waals surface area contributed by atoms with E-state index >= 15 is 0 Å². The third-order valence-corrected chi connectivity index (χ3v) is 6.24. The van der Waals surface area contributed by atoms with Crippen molar-refractivity contribution >= 4 is 44.9 Å². The summed E-state index contributed by atoms with van der Waals surface area (Å²) in [6.45, 7) is 7.59. The number of nitrogens with zero attached hydrogens (tertiary/aromatic N) is 2. The molecule has 1 aromatic carbocycles. The predicted molar refractivity (Wildman–Crippen MR) is 102 cm³/mol. The predicted octanol–water partition coefficient (Wildman–Crippen LogP) is 4.87. The van der Waals surface area contributed by atoms with Gasteiger partial charge in [-0.25, -0.2) is 14.4 Å². The number of halogens is 1. The molecule has 0 aliphatic rings. The van der Waals surface area contributed by atoms with E-state index in [1.807, 2.05) is 13.8 Å². The van der Waals surface area contributed by atoms with Crippen LogP contribution in [0.4, 0.5) is 10.1 Å². The Balaban J connectivity index is 1.79. The van der Waals surface area contributed by atoms with Gasteiger partial charge in [-0.2, -0.15) is 0 Å². The zero-order valence-corrected chi connectivity index (χ0v) is 16.0. The average molecular weight is 375 g/mol. The molecule has 0 saturated carbocycles. The Labute approximate surface area is 153 Å². The van der Waals surface area contributed by atoms with E-state index in [0.29, 0.717) is 11.3 Å². The van der Waals surface area contributed by atoms with Crippen LogP contribution in [0.15, 0.2) is 29.6 Å². The summed E-state index contributed by atoms with van der Waals surface area (Å²) in [7, 11) is 0. The fraction of sp³-hybridized carbons (Fsp3) is 0.278. The number of fused-ring (bicyclic) bond motifs is 1. The van der Waals surface area contributed by atoms with Crippen molar-refractivity contribution in [2.24, 2.45) is 0 Å². The molecule has 4 nitrogen and oxygen atoms in total. The molecule has 1 amide bonds. The van der Waals surface area contributed by atoms with Gasteiger partial charge in [0.15, 0.2) is 0 Å². The summed E-state index contributed by atoms with van der Waals surface area (Å²) in [6.07, 6.45) is 1.53. The van der Waals surface area contributed by atoms with Crippen LogP contribution in [-0.4, -0.2) is 21.1 Å². The largest absolute Gasteiger partial charge is 0.325 e. The second-order valence-corrected chi connectivity index (χ2v) is 8.39. The highest BCUT2D eigenvalue weighted by molar-refractivity contribution is 8.00. The summed E-state index contributed by atoms with van der Waals surface area (Å²) < 4.78 is 13.6. The Morgan fingerprint density at radius 2 is 2.04 bits per heavy atom. The van der Waals surface area contributed by atoms with E-state index in [1.165, 1.54) is 29.0 Å². The van der Waals surface area contributed by atoms with Crippen LogP contribution in [0, 0.1) is 26.6 Å². The molecule has 7 heteroatoms. The fourth-order valence-electron chi connectivity index (χ4n) is 2.37. The molecule has 1 N–H and O–H groups in total. The smallest absolute Gasteiger partial charge is 0.237 e. The summed E-state index contributed by atoms with van der Waals surface area (Å²) in [5.74, 6) is -0.524. The number of carbonyl (C=O) groups excluding carboxylic acids is 1. The molecule has 2 heterocycles. The average Bonchev–Trinajstić information content (AvgIpc) is 2.86. The Hall–Kier alpha value is -1.99. The standard InChI is InChI=1S/C18H18FN3OS2/c1-9-5-6-13(7-14(9)19)22-16(23)12(4)25-18-15-10(2)11(3)24-17(15)20-8-21-18/h5-8,12H,1-4H3,(H,22,23)/t12-/m0/s1. The molecule has 0 aliphatic heterocycles. The molecular weight excluding hydrogens is 357 g/mol. The van der Waals surface area contributed by atoms with Crippen LogP contribution in [0.5, 0.6) is 0 Å². The molecule has 0 saturated heterocycles. The second-order valence-electron chi connectivity index (χ2n) is 5.86. The number of aryl methyl sites for hydroxylation is 3. The van der Waals surface area contributed by atoms with Gasteiger partial charge in [0.1, 0.15) is 22.0 Å². The van der Waals surface area contributed by atoms with Crippen LogP contribution in [0.2, 0.25) is 0 Å². The molecule has 1 atom stereocenters. The Morgan fingerprint density at radius 1 is 1.28 bits per heavy atom. The molecule has 0 fully saturated rings. The van der Waals surface area contributed by atoms with Crippen molar-refractivity contribution in [2.75, 3.05) is 5.32 Å². The van der Waals surface area contributed by atoms with E-state index in [4.69, 9.17) is 0 Å². The van der Waals surface area contributed by atoms with Gasteiger partial charge in [0.25, 0.3) is 0 Å². The van der Waals surface area contributed by atoms with Crippen molar-refractivity contribution in [3.8, 4) is 0 Å². The number of benzene rings is 1. The molecular formula is C18H18FN3OS2. The maximum Gasteiger partial charge on any atom is 0.237 e. The second kappa shape index (κ2) is 7.09. The first kappa shape index (κ1) is 17.8. The lowest BCUT2D eigenvalue weighted by atomic mass is 10.2. The van der Waals surface area contributed by atoms with Crippen LogP contribution in [0.3, 0.4) is 0 Å². The highest BCUT2D eigenvalue weighted by atomic mass is 32.2. The van der Waals surface area contributed by atoms with E-state index < -0.39 is 0 Å². The fourth-order valence-corrected chi connectivity index (χ4v) is 4.41. The van der Waals surface area contributed by atoms with Gasteiger partial charge in [0, 0.05) is 16.0 Å². The van der Waals surface area contributed by atoms with Gasteiger partial charge in [0.2, 0.25) is 5.91 Å². The van der Waals surface area contributed by atoms with Crippen molar-refractivity contribution in [3.05, 3.63) is 46.3 Å². The van der Waals surface area contributed by atoms with Gasteiger partial charge >= 0.3 is 0 Å². The number of thiophene rings is 1. The zero-order chi connectivity index (χ0) is 18.1. The number of hydrogen-bond acceptors (Lipinski definition) is 5. The van der Waals surface area contributed by atoms with Gasteiger partial charge in [-0.3, -0.25) is 4.79 Å². The van der Waals surface area contributed by atoms with Crippen molar-refractivity contribution in [1.29, 1.82) is 0 Å². The quantitative estimate of drug-likeness (QED) is 0.522. The summed E-state index contributed by atoms with van der Waals surface area (Å²) in [5.41, 5.74) is 2.15. The van der Waals surface area contributed by atoms with E-state index in [-0.39, 0.29) is 17.0 Å². The summed E-state index contributed by atoms with van der Waals surface area (Å²) >= 11 is 3.01. The van der Waals surface area contributed by atoms with E-state index in [0.717, 1.165) is 20.8 Å². The van der Waals surface area contributed by atoms with Crippen molar-refractivity contribution < 1.29 is 9.18 Å². The number of thioether (sulfide) groups is 1. The van der Waals surface area contributed by atoms with Gasteiger partial charge in [0.05, 0.1) is 5.25 Å². The normalized spacial score (nSPS) is 12.4. The van der Waals surface area contributed by atoms with Crippen molar-refractivity contribution in [2.45, 2.75) is 38.0 Å². The molecule has 0 bridgehead atoms. The summed E-state index contributed by atoms with van der Waals surface area (Å²) in [4.78, 5) is 23.2. The minimum atomic E-state index is -0.373. The molecule has 0 aliphatic carbocycles. The van der Waals surface area contributed by atoms with Crippen LogP contribution in [0.25, 0.3) is 10.2 Å². The minimum Gasteiger partial charge on any atom is -0.325 e. The molecule has 3 rings (SSSR count). The lowest BCUT2D eigenvalue weighted by Gasteiger charge is -2.12. The lowest BCUT2D eigenvalue weighted by molar-refractivity contribution is -0.115. The Morgan fingerprint density at radius 3 is 2.76 bits per heavy atom. The number of amides is 1. The van der Waals surface area contributed by atoms with Crippen LogP contribution in [-0.2, 0) is 4.79 Å². The van der Waals surface area contributed by atoms with Gasteiger partial charge in [-0.05, 0) is 51.0 Å². The topological polar surface area (TPSA) is 54.9 Å². The molecule has 2 aromatic heterocycles. The molecule has 3 aromatic rings. The van der Waals surface area contributed by atoms with Crippen LogP contribution in [0.1, 0.15) is 22.9 Å². The first-order chi connectivity index (χ1) is 11.9. The molecule has 0 spiro atoms. The third-order valence-electron chi connectivity index (χ3n) is 4.03. The van der Waals surface area contributed by atoms with E-state index in [2.05, 4.69) is 22.2 Å². The van der Waals surface area contributed by atoms with Crippen LogP contribution < -0.4 is 5.32 Å². The highest BCUT2D eigenvalue weighted by Crippen LogP contribution is 2.36. The number of nitrogens with one attached hydrogen (secondary N) is 1. The maximum absolute atomic E-state index is 13.6. The number of hydrogen-bond donors (Lipinski definition) is 1. The van der Waals surface area contributed by atoms with Gasteiger partial charge in [-0.1, -0.05) is 17.8 Å². The first-order valence-corrected chi connectivity index (χ1v) is 9.51.